The Bertz CT molecular complexity index is 509. The summed E-state index contributed by atoms with van der Waals surface area (Å²) in [7, 11) is 0. The summed E-state index contributed by atoms with van der Waals surface area (Å²) in [4.78, 5) is 3.61. The molecule has 19 heavy (non-hydrogen) atoms. The number of benzene rings is 1. The zero-order valence-corrected chi connectivity index (χ0v) is 13.4. The largest absolute Gasteiger partial charge is 0.386 e. The molecule has 0 aliphatic heterocycles. The van der Waals surface area contributed by atoms with Crippen LogP contribution in [0.1, 0.15) is 41.0 Å². The molecule has 0 aliphatic carbocycles. The predicted molar refractivity (Wildman–Crippen MR) is 89.6 cm³/mol. The summed E-state index contributed by atoms with van der Waals surface area (Å²) in [6.45, 7) is 18.3. The molecule has 0 atom stereocenters. The third kappa shape index (κ3) is 4.57. The van der Waals surface area contributed by atoms with Gasteiger partial charge in [0.05, 0.1) is 11.6 Å². The van der Waals surface area contributed by atoms with Gasteiger partial charge in [0, 0.05) is 16.6 Å². The number of hydrogen-bond donors (Lipinski definition) is 1. The van der Waals surface area contributed by atoms with Crippen molar-refractivity contribution >= 4 is 32.1 Å². The van der Waals surface area contributed by atoms with Crippen molar-refractivity contribution in [1.82, 2.24) is 0 Å². The average molecular weight is 276 g/mol. The molecule has 0 fully saturated rings. The van der Waals surface area contributed by atoms with Crippen LogP contribution in [-0.4, -0.2) is 6.54 Å². The number of nitrogens with one attached hydrogen (secondary N) is 1. The van der Waals surface area contributed by atoms with Crippen LogP contribution in [0.5, 0.6) is 0 Å². The van der Waals surface area contributed by atoms with Gasteiger partial charge in [-0.3, -0.25) is 0 Å². The molecule has 1 aromatic heterocycles. The Morgan fingerprint density at radius 2 is 1.79 bits per heavy atom. The Balaban J connectivity index is 0.000000741. The van der Waals surface area contributed by atoms with Crippen LogP contribution in [0, 0.1) is 6.57 Å². The van der Waals surface area contributed by atoms with Crippen molar-refractivity contribution in [3.8, 4) is 0 Å². The molecule has 2 aromatic rings. The van der Waals surface area contributed by atoms with Crippen molar-refractivity contribution < 1.29 is 0 Å². The van der Waals surface area contributed by atoms with E-state index < -0.39 is 0 Å². The first-order valence-electron chi connectivity index (χ1n) is 6.99. The van der Waals surface area contributed by atoms with Gasteiger partial charge in [-0.1, -0.05) is 52.8 Å². The maximum Gasteiger partial charge on any atom is 0.228 e. The molecular weight excluding hydrogens is 252 g/mol. The zero-order chi connectivity index (χ0) is 14.7. The summed E-state index contributed by atoms with van der Waals surface area (Å²) in [5, 5.41) is 5.38. The third-order valence-corrected chi connectivity index (χ3v) is 3.33. The van der Waals surface area contributed by atoms with Crippen LogP contribution in [0.15, 0.2) is 24.3 Å². The molecule has 104 valence electrons. The monoisotopic (exact) mass is 276 g/mol. The molecule has 3 heteroatoms. The van der Waals surface area contributed by atoms with Gasteiger partial charge >= 0.3 is 0 Å². The molecule has 0 aliphatic rings. The number of hydrogen-bond acceptors (Lipinski definition) is 2. The lowest BCUT2D eigenvalue weighted by Gasteiger charge is -2.00. The van der Waals surface area contributed by atoms with E-state index in [1.54, 1.807) is 11.3 Å². The maximum absolute atomic E-state index is 7.21. The van der Waals surface area contributed by atoms with Gasteiger partial charge in [0.1, 0.15) is 0 Å². The van der Waals surface area contributed by atoms with Crippen LogP contribution in [0.2, 0.25) is 0 Å². The van der Waals surface area contributed by atoms with Gasteiger partial charge in [-0.05, 0) is 12.5 Å². The van der Waals surface area contributed by atoms with E-state index in [2.05, 4.69) is 23.2 Å². The molecule has 0 unspecified atom stereocenters. The molecule has 0 radical (unpaired) electrons. The predicted octanol–water partition coefficient (Wildman–Crippen LogP) is 6.33. The first-order valence-corrected chi connectivity index (χ1v) is 7.81. The van der Waals surface area contributed by atoms with E-state index >= 15 is 0 Å². The minimum Gasteiger partial charge on any atom is -0.386 e. The van der Waals surface area contributed by atoms with E-state index in [0.29, 0.717) is 0 Å². The fourth-order valence-corrected chi connectivity index (χ4v) is 2.57. The van der Waals surface area contributed by atoms with Gasteiger partial charge < -0.3 is 5.32 Å². The number of thiophene rings is 1. The first kappa shape index (κ1) is 17.5. The Labute approximate surface area is 121 Å². The SMILES string of the molecule is CC.CC.[C-]#[N+]c1c(NCCC)sc2ccccc12. The molecular formula is C16H24N2S. The van der Waals surface area contributed by atoms with E-state index in [9.17, 15) is 0 Å². The summed E-state index contributed by atoms with van der Waals surface area (Å²) in [6, 6.07) is 8.06. The number of anilines is 1. The summed E-state index contributed by atoms with van der Waals surface area (Å²) >= 11 is 1.66. The van der Waals surface area contributed by atoms with E-state index in [0.717, 1.165) is 29.0 Å². The highest BCUT2D eigenvalue weighted by Gasteiger charge is 2.10. The van der Waals surface area contributed by atoms with Gasteiger partial charge in [-0.25, -0.2) is 4.85 Å². The van der Waals surface area contributed by atoms with E-state index in [1.807, 2.05) is 45.9 Å². The van der Waals surface area contributed by atoms with E-state index in [4.69, 9.17) is 6.57 Å². The molecule has 2 rings (SSSR count). The summed E-state index contributed by atoms with van der Waals surface area (Å²) in [5.74, 6) is 0. The highest BCUT2D eigenvalue weighted by molar-refractivity contribution is 7.23. The van der Waals surface area contributed by atoms with Crippen LogP contribution in [0.25, 0.3) is 14.9 Å². The average Bonchev–Trinajstić information content (AvgIpc) is 2.86. The van der Waals surface area contributed by atoms with E-state index in [1.165, 1.54) is 4.70 Å². The zero-order valence-electron chi connectivity index (χ0n) is 12.6. The maximum atomic E-state index is 7.21. The lowest BCUT2D eigenvalue weighted by Crippen LogP contribution is -1.96. The Hall–Kier alpha value is -1.53. The topological polar surface area (TPSA) is 16.4 Å². The molecule has 0 bridgehead atoms. The number of nitrogens with zero attached hydrogens (tertiary/aromatic N) is 1. The Morgan fingerprint density at radius 3 is 2.37 bits per heavy atom. The molecule has 0 saturated carbocycles. The van der Waals surface area contributed by atoms with Gasteiger partial charge in [0.2, 0.25) is 5.69 Å². The van der Waals surface area contributed by atoms with Crippen molar-refractivity contribution in [2.45, 2.75) is 41.0 Å². The van der Waals surface area contributed by atoms with Crippen LogP contribution in [-0.2, 0) is 0 Å². The lowest BCUT2D eigenvalue weighted by atomic mass is 10.2. The fraction of sp³-hybridized carbons (Fsp3) is 0.438. The Kier molecular flexibility index (Phi) is 9.56. The molecule has 1 N–H and O–H groups in total. The normalized spacial score (nSPS) is 8.63. The molecule has 1 heterocycles. The fourth-order valence-electron chi connectivity index (χ4n) is 1.50. The third-order valence-electron chi connectivity index (χ3n) is 2.22. The second kappa shape index (κ2) is 10.4. The molecule has 1 aromatic carbocycles. The van der Waals surface area contributed by atoms with Gasteiger partial charge in [-0.2, -0.15) is 0 Å². The van der Waals surface area contributed by atoms with Crippen LogP contribution >= 0.6 is 11.3 Å². The van der Waals surface area contributed by atoms with Crippen molar-refractivity contribution in [1.29, 1.82) is 0 Å². The number of rotatable bonds is 3. The van der Waals surface area contributed by atoms with Crippen LogP contribution in [0.3, 0.4) is 0 Å². The minimum absolute atomic E-state index is 0.768. The second-order valence-corrected chi connectivity index (χ2v) is 4.37. The molecule has 2 nitrogen and oxygen atoms in total. The van der Waals surface area contributed by atoms with Gasteiger partial charge in [-0.15, -0.1) is 11.3 Å². The van der Waals surface area contributed by atoms with E-state index in [-0.39, 0.29) is 0 Å². The summed E-state index contributed by atoms with van der Waals surface area (Å²) in [5.41, 5.74) is 0.768. The van der Waals surface area contributed by atoms with Crippen molar-refractivity contribution in [2.75, 3.05) is 11.9 Å². The van der Waals surface area contributed by atoms with Crippen LogP contribution in [0.4, 0.5) is 10.7 Å². The molecule has 0 spiro atoms. The number of fused-ring (bicyclic) bond motifs is 1. The van der Waals surface area contributed by atoms with Crippen molar-refractivity contribution in [2.24, 2.45) is 0 Å². The smallest absolute Gasteiger partial charge is 0.228 e. The highest BCUT2D eigenvalue weighted by Crippen LogP contribution is 2.41. The summed E-state index contributed by atoms with van der Waals surface area (Å²) < 4.78 is 1.18. The molecule has 0 amide bonds. The van der Waals surface area contributed by atoms with Gasteiger partial charge in [0.25, 0.3) is 0 Å². The quantitative estimate of drug-likeness (QED) is 0.648. The van der Waals surface area contributed by atoms with Gasteiger partial charge in [0.15, 0.2) is 0 Å². The van der Waals surface area contributed by atoms with Crippen molar-refractivity contribution in [3.63, 3.8) is 0 Å². The lowest BCUT2D eigenvalue weighted by molar-refractivity contribution is 0.984. The first-order chi connectivity index (χ1) is 9.36. The highest BCUT2D eigenvalue weighted by atomic mass is 32.1. The van der Waals surface area contributed by atoms with Crippen molar-refractivity contribution in [3.05, 3.63) is 35.7 Å². The van der Waals surface area contributed by atoms with Crippen LogP contribution < -0.4 is 5.32 Å². The second-order valence-electron chi connectivity index (χ2n) is 3.31. The Morgan fingerprint density at radius 1 is 1.16 bits per heavy atom. The standard InChI is InChI=1S/C12H12N2S.2C2H6/c1-3-8-14-12-11(13-2)9-6-4-5-7-10(9)15-12;2*1-2/h4-7,14H,3,8H2,1H3;2*1-2H3. The minimum atomic E-state index is 0.768. The summed E-state index contributed by atoms with van der Waals surface area (Å²) in [6.07, 6.45) is 1.08. The molecule has 0 saturated heterocycles.